The molecule has 7 nitrogen and oxygen atoms in total. The molecule has 10 heteroatoms. The average molecular weight is 444 g/mol. The summed E-state index contributed by atoms with van der Waals surface area (Å²) in [6.07, 6.45) is 3.25. The Morgan fingerprint density at radius 2 is 2.04 bits per heavy atom. The molecular formula is C18H19Cl2N3O4S. The van der Waals surface area contributed by atoms with Gasteiger partial charge in [-0.25, -0.2) is 18.2 Å². The zero-order chi connectivity index (χ0) is 20.5. The summed E-state index contributed by atoms with van der Waals surface area (Å²) >= 11 is 11.8. The van der Waals surface area contributed by atoms with Crippen LogP contribution in [-0.4, -0.2) is 37.6 Å². The SMILES string of the molecule is C[C@H]1CCCN(c2ncc(C(=O)O)cc2NS(=O)(=O)c2ccc(Cl)c(Cl)c2)C1. The van der Waals surface area contributed by atoms with Crippen molar-refractivity contribution in [1.82, 2.24) is 4.98 Å². The predicted octanol–water partition coefficient (Wildman–Crippen LogP) is 4.12. The Morgan fingerprint density at radius 1 is 1.29 bits per heavy atom. The number of carboxylic acids is 1. The van der Waals surface area contributed by atoms with Gasteiger partial charge in [-0.2, -0.15) is 0 Å². The maximum Gasteiger partial charge on any atom is 0.337 e. The van der Waals surface area contributed by atoms with Gasteiger partial charge in [0.2, 0.25) is 0 Å². The van der Waals surface area contributed by atoms with Crippen LogP contribution in [0, 0.1) is 5.92 Å². The molecule has 3 rings (SSSR count). The fourth-order valence-electron chi connectivity index (χ4n) is 3.13. The van der Waals surface area contributed by atoms with E-state index in [4.69, 9.17) is 23.2 Å². The van der Waals surface area contributed by atoms with Crippen molar-refractivity contribution in [3.63, 3.8) is 0 Å². The summed E-state index contributed by atoms with van der Waals surface area (Å²) in [6.45, 7) is 3.53. The lowest BCUT2D eigenvalue weighted by Crippen LogP contribution is -2.35. The quantitative estimate of drug-likeness (QED) is 0.720. The van der Waals surface area contributed by atoms with Crippen LogP contribution in [0.3, 0.4) is 0 Å². The van der Waals surface area contributed by atoms with Gasteiger partial charge >= 0.3 is 5.97 Å². The van der Waals surface area contributed by atoms with Crippen molar-refractivity contribution in [2.45, 2.75) is 24.7 Å². The molecule has 0 unspecified atom stereocenters. The van der Waals surface area contributed by atoms with Crippen molar-refractivity contribution in [1.29, 1.82) is 0 Å². The lowest BCUT2D eigenvalue weighted by atomic mass is 10.0. The first-order valence-electron chi connectivity index (χ1n) is 8.63. The number of piperidine rings is 1. The van der Waals surface area contributed by atoms with Crippen molar-refractivity contribution < 1.29 is 18.3 Å². The largest absolute Gasteiger partial charge is 0.478 e. The van der Waals surface area contributed by atoms with Gasteiger partial charge in [0.15, 0.2) is 5.82 Å². The second-order valence-corrected chi connectivity index (χ2v) is 9.27. The molecule has 1 aromatic heterocycles. The summed E-state index contributed by atoms with van der Waals surface area (Å²) in [6, 6.07) is 5.23. The summed E-state index contributed by atoms with van der Waals surface area (Å²) in [7, 11) is -4.02. The second kappa shape index (κ2) is 8.14. The summed E-state index contributed by atoms with van der Waals surface area (Å²) in [5.41, 5.74) is 0.000666. The second-order valence-electron chi connectivity index (χ2n) is 6.78. The van der Waals surface area contributed by atoms with Gasteiger partial charge < -0.3 is 10.0 Å². The molecule has 0 bridgehead atoms. The van der Waals surface area contributed by atoms with Crippen LogP contribution < -0.4 is 9.62 Å². The van der Waals surface area contributed by atoms with Crippen LogP contribution in [0.5, 0.6) is 0 Å². The Kier molecular flexibility index (Phi) is 6.02. The van der Waals surface area contributed by atoms with E-state index in [1.165, 1.54) is 30.5 Å². The highest BCUT2D eigenvalue weighted by atomic mass is 35.5. The van der Waals surface area contributed by atoms with Crippen LogP contribution in [0.4, 0.5) is 11.5 Å². The fourth-order valence-corrected chi connectivity index (χ4v) is 4.57. The summed E-state index contributed by atoms with van der Waals surface area (Å²) in [5.74, 6) is -0.365. The molecule has 2 heterocycles. The number of hydrogen-bond donors (Lipinski definition) is 2. The van der Waals surface area contributed by atoms with Crippen LogP contribution in [0.2, 0.25) is 10.0 Å². The maximum atomic E-state index is 12.8. The molecule has 28 heavy (non-hydrogen) atoms. The molecule has 150 valence electrons. The first-order valence-corrected chi connectivity index (χ1v) is 10.9. The Bertz CT molecular complexity index is 1010. The van der Waals surface area contributed by atoms with E-state index in [2.05, 4.69) is 16.6 Å². The van der Waals surface area contributed by atoms with E-state index in [0.717, 1.165) is 12.8 Å². The smallest absolute Gasteiger partial charge is 0.337 e. The van der Waals surface area contributed by atoms with Crippen LogP contribution in [0.1, 0.15) is 30.1 Å². The molecular weight excluding hydrogens is 425 g/mol. The summed E-state index contributed by atoms with van der Waals surface area (Å²) in [5, 5.41) is 9.61. The molecule has 2 N–H and O–H groups in total. The van der Waals surface area contributed by atoms with E-state index in [1.54, 1.807) is 0 Å². The van der Waals surface area contributed by atoms with Gasteiger partial charge in [0.25, 0.3) is 10.0 Å². The standard InChI is InChI=1S/C18H19Cl2N3O4S/c1-11-3-2-6-23(10-11)17-16(7-12(9-21-17)18(24)25)22-28(26,27)13-4-5-14(19)15(20)8-13/h4-5,7-9,11,22H,2-3,6,10H2,1H3,(H,24,25)/t11-/m0/s1. The third kappa shape index (κ3) is 4.51. The lowest BCUT2D eigenvalue weighted by Gasteiger charge is -2.33. The normalized spacial score (nSPS) is 17.4. The average Bonchev–Trinajstić information content (AvgIpc) is 2.63. The van der Waals surface area contributed by atoms with Crippen LogP contribution >= 0.6 is 23.2 Å². The number of sulfonamides is 1. The van der Waals surface area contributed by atoms with Gasteiger partial charge in [-0.05, 0) is 43.0 Å². The van der Waals surface area contributed by atoms with E-state index in [0.29, 0.717) is 24.8 Å². The molecule has 0 amide bonds. The predicted molar refractivity (Wildman–Crippen MR) is 109 cm³/mol. The number of hydrogen-bond acceptors (Lipinski definition) is 5. The van der Waals surface area contributed by atoms with Crippen LogP contribution in [-0.2, 0) is 10.0 Å². The Labute approximate surface area is 173 Å². The lowest BCUT2D eigenvalue weighted by molar-refractivity contribution is 0.0696. The van der Waals surface area contributed by atoms with Crippen molar-refractivity contribution in [3.05, 3.63) is 46.1 Å². The fraction of sp³-hybridized carbons (Fsp3) is 0.333. The van der Waals surface area contributed by atoms with E-state index in [1.807, 2.05) is 4.90 Å². The molecule has 1 aromatic carbocycles. The molecule has 0 radical (unpaired) electrons. The third-order valence-electron chi connectivity index (χ3n) is 4.52. The van der Waals surface area contributed by atoms with Crippen molar-refractivity contribution in [2.24, 2.45) is 5.92 Å². The highest BCUT2D eigenvalue weighted by molar-refractivity contribution is 7.92. The van der Waals surface area contributed by atoms with Gasteiger partial charge in [-0.1, -0.05) is 30.1 Å². The first kappa shape index (κ1) is 20.7. The van der Waals surface area contributed by atoms with Gasteiger partial charge in [-0.15, -0.1) is 0 Å². The topological polar surface area (TPSA) is 99.6 Å². The number of carboxylic acid groups (broad SMARTS) is 1. The van der Waals surface area contributed by atoms with Crippen molar-refractivity contribution >= 4 is 50.7 Å². The summed E-state index contributed by atoms with van der Waals surface area (Å²) in [4.78, 5) is 17.5. The molecule has 1 atom stereocenters. The minimum Gasteiger partial charge on any atom is -0.478 e. The molecule has 2 aromatic rings. The molecule has 0 aliphatic carbocycles. The van der Waals surface area contributed by atoms with Crippen molar-refractivity contribution in [2.75, 3.05) is 22.7 Å². The van der Waals surface area contributed by atoms with Crippen molar-refractivity contribution in [3.8, 4) is 0 Å². The number of halogens is 2. The van der Waals surface area contributed by atoms with Gasteiger partial charge in [-0.3, -0.25) is 4.72 Å². The Morgan fingerprint density at radius 3 is 2.68 bits per heavy atom. The van der Waals surface area contributed by atoms with Gasteiger partial charge in [0.1, 0.15) is 0 Å². The monoisotopic (exact) mass is 443 g/mol. The number of nitrogens with one attached hydrogen (secondary N) is 1. The van der Waals surface area contributed by atoms with E-state index < -0.39 is 16.0 Å². The number of aromatic carboxylic acids is 1. The minimum absolute atomic E-state index is 0.0828. The number of rotatable bonds is 5. The van der Waals surface area contributed by atoms with E-state index in [-0.39, 0.29) is 26.2 Å². The number of carbonyl (C=O) groups is 1. The molecule has 1 aliphatic rings. The zero-order valence-corrected chi connectivity index (χ0v) is 17.4. The third-order valence-corrected chi connectivity index (χ3v) is 6.62. The Balaban J connectivity index is 2.01. The number of pyridine rings is 1. The number of benzene rings is 1. The van der Waals surface area contributed by atoms with Crippen LogP contribution in [0.15, 0.2) is 35.4 Å². The number of anilines is 2. The zero-order valence-electron chi connectivity index (χ0n) is 15.0. The minimum atomic E-state index is -4.02. The molecule has 1 aliphatic heterocycles. The highest BCUT2D eigenvalue weighted by Crippen LogP contribution is 2.31. The molecule has 0 spiro atoms. The maximum absolute atomic E-state index is 12.8. The molecule has 1 saturated heterocycles. The number of nitrogens with zero attached hydrogens (tertiary/aromatic N) is 2. The van der Waals surface area contributed by atoms with Crippen LogP contribution in [0.25, 0.3) is 0 Å². The first-order chi connectivity index (χ1) is 13.2. The van der Waals surface area contributed by atoms with E-state index in [9.17, 15) is 18.3 Å². The van der Waals surface area contributed by atoms with Gasteiger partial charge in [0, 0.05) is 19.3 Å². The Hall–Kier alpha value is -2.03. The number of aromatic nitrogens is 1. The molecule has 0 saturated carbocycles. The van der Waals surface area contributed by atoms with E-state index >= 15 is 0 Å². The molecule has 1 fully saturated rings. The highest BCUT2D eigenvalue weighted by Gasteiger charge is 2.24. The van der Waals surface area contributed by atoms with Gasteiger partial charge in [0.05, 0.1) is 26.2 Å². The summed E-state index contributed by atoms with van der Waals surface area (Å²) < 4.78 is 28.1.